The highest BCUT2D eigenvalue weighted by atomic mass is 16.8. The van der Waals surface area contributed by atoms with E-state index in [1.807, 2.05) is 12.1 Å². The number of ether oxygens (including phenoxy) is 1. The molecule has 3 saturated carbocycles. The summed E-state index contributed by atoms with van der Waals surface area (Å²) < 4.78 is 5.50. The predicted octanol–water partition coefficient (Wildman–Crippen LogP) is 6.85. The monoisotopic (exact) mass is 625 g/mol. The molecule has 1 aromatic carbocycles. The molecule has 0 aliphatic heterocycles. The van der Waals surface area contributed by atoms with Crippen LogP contribution in [0.15, 0.2) is 30.3 Å². The van der Waals surface area contributed by atoms with Gasteiger partial charge in [0.2, 0.25) is 0 Å². The first-order chi connectivity index (χ1) is 21.8. The lowest BCUT2D eigenvalue weighted by atomic mass is 9.67. The van der Waals surface area contributed by atoms with Gasteiger partial charge in [-0.1, -0.05) is 70.2 Å². The lowest BCUT2D eigenvalue weighted by molar-refractivity contribution is -0.180. The maximum Gasteiger partial charge on any atom is 0.324 e. The SMILES string of the molecule is CC(C)COC(C)ONC(=O)C=Cc1cccc(CNCC2CCC(CN[C@](C(=O)O)(C3CCCCC3)C3CCCC3)CC2)c1. The van der Waals surface area contributed by atoms with Gasteiger partial charge in [-0.05, 0) is 118 Å². The predicted molar refractivity (Wildman–Crippen MR) is 179 cm³/mol. The van der Waals surface area contributed by atoms with Crippen molar-refractivity contribution in [2.45, 2.75) is 123 Å². The van der Waals surface area contributed by atoms with Crippen LogP contribution in [0.1, 0.15) is 115 Å². The summed E-state index contributed by atoms with van der Waals surface area (Å²) in [5.41, 5.74) is 3.84. The first-order valence-corrected chi connectivity index (χ1v) is 17.8. The lowest BCUT2D eigenvalue weighted by Crippen LogP contribution is -2.63. The van der Waals surface area contributed by atoms with Crippen LogP contribution in [0.4, 0.5) is 0 Å². The van der Waals surface area contributed by atoms with Gasteiger partial charge >= 0.3 is 5.97 Å². The summed E-state index contributed by atoms with van der Waals surface area (Å²) in [5.74, 6) is 1.25. The van der Waals surface area contributed by atoms with Gasteiger partial charge in [0, 0.05) is 12.6 Å². The molecule has 4 rings (SSSR count). The Kier molecular flexibility index (Phi) is 14.4. The highest BCUT2D eigenvalue weighted by Crippen LogP contribution is 2.44. The van der Waals surface area contributed by atoms with Crippen LogP contribution in [-0.4, -0.2) is 48.5 Å². The van der Waals surface area contributed by atoms with Gasteiger partial charge in [-0.15, -0.1) is 0 Å². The fourth-order valence-electron chi connectivity index (χ4n) is 7.88. The molecule has 0 radical (unpaired) electrons. The highest BCUT2D eigenvalue weighted by molar-refractivity contribution is 5.90. The lowest BCUT2D eigenvalue weighted by Gasteiger charge is -2.45. The summed E-state index contributed by atoms with van der Waals surface area (Å²) in [4.78, 5) is 30.3. The van der Waals surface area contributed by atoms with E-state index in [9.17, 15) is 14.7 Å². The zero-order chi connectivity index (χ0) is 32.1. The van der Waals surface area contributed by atoms with Crippen molar-refractivity contribution in [3.8, 4) is 0 Å². The van der Waals surface area contributed by atoms with Crippen molar-refractivity contribution in [1.82, 2.24) is 16.1 Å². The van der Waals surface area contributed by atoms with Crippen molar-refractivity contribution < 1.29 is 24.3 Å². The Morgan fingerprint density at radius 2 is 1.53 bits per heavy atom. The Bertz CT molecular complexity index is 1070. The van der Waals surface area contributed by atoms with Gasteiger partial charge < -0.3 is 20.5 Å². The van der Waals surface area contributed by atoms with Crippen LogP contribution in [-0.2, 0) is 25.7 Å². The zero-order valence-electron chi connectivity index (χ0n) is 28.0. The van der Waals surface area contributed by atoms with Crippen LogP contribution in [0.3, 0.4) is 0 Å². The number of hydrogen-bond donors (Lipinski definition) is 4. The number of carbonyl (C=O) groups excluding carboxylic acids is 1. The van der Waals surface area contributed by atoms with Gasteiger partial charge in [-0.25, -0.2) is 10.3 Å². The number of aliphatic carboxylic acids is 1. The molecule has 0 spiro atoms. The van der Waals surface area contributed by atoms with Crippen LogP contribution in [0.2, 0.25) is 0 Å². The van der Waals surface area contributed by atoms with Crippen LogP contribution in [0.25, 0.3) is 6.08 Å². The molecule has 1 amide bonds. The van der Waals surface area contributed by atoms with Gasteiger partial charge in [-0.3, -0.25) is 9.59 Å². The van der Waals surface area contributed by atoms with Crippen LogP contribution in [0.5, 0.6) is 0 Å². The second-order valence-electron chi connectivity index (χ2n) is 14.3. The van der Waals surface area contributed by atoms with Gasteiger partial charge in [-0.2, -0.15) is 0 Å². The first-order valence-electron chi connectivity index (χ1n) is 17.8. The number of hydrogen-bond acceptors (Lipinski definition) is 6. The fourth-order valence-corrected chi connectivity index (χ4v) is 7.88. The topological polar surface area (TPSA) is 109 Å². The van der Waals surface area contributed by atoms with Gasteiger partial charge in [0.15, 0.2) is 6.29 Å². The molecule has 3 aliphatic rings. The van der Waals surface area contributed by atoms with Crippen molar-refractivity contribution in [3.05, 3.63) is 41.5 Å². The third kappa shape index (κ3) is 10.9. The summed E-state index contributed by atoms with van der Waals surface area (Å²) in [6, 6.07) is 8.20. The molecule has 3 aliphatic carbocycles. The molecule has 3 fully saturated rings. The maximum atomic E-state index is 12.9. The van der Waals surface area contributed by atoms with E-state index in [1.54, 1.807) is 13.0 Å². The quantitative estimate of drug-likeness (QED) is 0.0852. The molecule has 45 heavy (non-hydrogen) atoms. The number of benzene rings is 1. The molecule has 0 heterocycles. The minimum Gasteiger partial charge on any atom is -0.480 e. The van der Waals surface area contributed by atoms with Crippen molar-refractivity contribution in [1.29, 1.82) is 0 Å². The molecule has 2 atom stereocenters. The van der Waals surface area contributed by atoms with E-state index in [-0.39, 0.29) is 17.7 Å². The summed E-state index contributed by atoms with van der Waals surface area (Å²) >= 11 is 0. The van der Waals surface area contributed by atoms with E-state index in [4.69, 9.17) is 9.57 Å². The van der Waals surface area contributed by atoms with E-state index in [0.29, 0.717) is 24.4 Å². The number of rotatable bonds is 17. The second kappa shape index (κ2) is 18.2. The van der Waals surface area contributed by atoms with Gasteiger partial charge in [0.1, 0.15) is 5.54 Å². The molecule has 0 bridgehead atoms. The molecule has 8 heteroatoms. The number of nitrogens with one attached hydrogen (secondary N) is 3. The highest BCUT2D eigenvalue weighted by Gasteiger charge is 2.52. The van der Waals surface area contributed by atoms with Crippen LogP contribution < -0.4 is 16.1 Å². The number of amides is 1. The minimum atomic E-state index is -0.725. The molecule has 4 N–H and O–H groups in total. The molecular formula is C37H59N3O5. The molecule has 8 nitrogen and oxygen atoms in total. The standard InChI is InChI=1S/C37H59N3O5/c1-27(2)26-44-28(3)45-40-35(41)21-20-29-10-9-11-32(22-29)24-38-23-30-16-18-31(19-17-30)25-39-37(36(42)43,34-14-7-8-15-34)33-12-5-4-6-13-33/h9-11,20-22,27-28,30-31,33-34,38-39H,4-8,12-19,23-26H2,1-3H3,(H,40,41)(H,42,43)/t28?,30?,31?,37-/m1/s1. The van der Waals surface area contributed by atoms with Crippen molar-refractivity contribution in [2.75, 3.05) is 19.7 Å². The third-order valence-corrected chi connectivity index (χ3v) is 10.4. The van der Waals surface area contributed by atoms with E-state index < -0.39 is 17.8 Å². The molecule has 252 valence electrons. The normalized spacial score (nSPS) is 23.7. The molecular weight excluding hydrogens is 566 g/mol. The number of carbonyl (C=O) groups is 2. The van der Waals surface area contributed by atoms with E-state index in [0.717, 1.165) is 50.9 Å². The fraction of sp³-hybridized carbons (Fsp3) is 0.730. The second-order valence-corrected chi connectivity index (χ2v) is 14.3. The first kappa shape index (κ1) is 35.6. The van der Waals surface area contributed by atoms with Crippen LogP contribution in [0, 0.1) is 29.6 Å². The third-order valence-electron chi connectivity index (χ3n) is 10.4. The smallest absolute Gasteiger partial charge is 0.324 e. The molecule has 0 aromatic heterocycles. The Labute approximate surface area is 271 Å². The Hall–Kier alpha value is -2.26. The average Bonchev–Trinajstić information content (AvgIpc) is 3.59. The molecule has 0 saturated heterocycles. The van der Waals surface area contributed by atoms with E-state index in [2.05, 4.69) is 42.1 Å². The van der Waals surface area contributed by atoms with Crippen molar-refractivity contribution >= 4 is 18.0 Å². The number of carboxylic acid groups (broad SMARTS) is 1. The summed E-state index contributed by atoms with van der Waals surface area (Å²) in [5, 5.41) is 18.1. The maximum absolute atomic E-state index is 12.9. The zero-order valence-corrected chi connectivity index (χ0v) is 28.0. The Morgan fingerprint density at radius 1 is 0.911 bits per heavy atom. The molecule has 1 aromatic rings. The summed E-state index contributed by atoms with van der Waals surface area (Å²) in [6.07, 6.45) is 17.7. The van der Waals surface area contributed by atoms with Crippen LogP contribution >= 0.6 is 0 Å². The molecule has 1 unspecified atom stereocenters. The largest absolute Gasteiger partial charge is 0.480 e. The van der Waals surface area contributed by atoms with Crippen molar-refractivity contribution in [2.24, 2.45) is 29.6 Å². The van der Waals surface area contributed by atoms with E-state index >= 15 is 0 Å². The Morgan fingerprint density at radius 3 is 2.16 bits per heavy atom. The van der Waals surface area contributed by atoms with Crippen molar-refractivity contribution in [3.63, 3.8) is 0 Å². The summed E-state index contributed by atoms with van der Waals surface area (Å²) in [7, 11) is 0. The number of hydroxylamine groups is 1. The average molecular weight is 626 g/mol. The van der Waals surface area contributed by atoms with Gasteiger partial charge in [0.25, 0.3) is 5.91 Å². The minimum absolute atomic E-state index is 0.274. The number of carboxylic acids is 1. The summed E-state index contributed by atoms with van der Waals surface area (Å²) in [6.45, 7) is 9.06. The Balaban J connectivity index is 1.17. The van der Waals surface area contributed by atoms with Gasteiger partial charge in [0.05, 0.1) is 6.61 Å². The van der Waals surface area contributed by atoms with E-state index in [1.165, 1.54) is 69.4 Å².